The molecule has 36 heavy (non-hydrogen) atoms. The normalized spacial score (nSPS) is 17.3. The summed E-state index contributed by atoms with van der Waals surface area (Å²) in [6.45, 7) is 9.36. The van der Waals surface area contributed by atoms with Crippen LogP contribution in [0.1, 0.15) is 69.9 Å². The number of hydrogen-bond acceptors (Lipinski definition) is 5. The van der Waals surface area contributed by atoms with Gasteiger partial charge in [0.15, 0.2) is 0 Å². The molecular weight excluding hydrogens is 495 g/mol. The zero-order valence-corrected chi connectivity index (χ0v) is 23.3. The van der Waals surface area contributed by atoms with Crippen LogP contribution in [0.2, 0.25) is 5.02 Å². The maximum absolute atomic E-state index is 14.9. The highest BCUT2D eigenvalue weighted by Crippen LogP contribution is 2.34. The van der Waals surface area contributed by atoms with Crippen LogP contribution in [0.4, 0.5) is 10.1 Å². The smallest absolute Gasteiger partial charge is 0.225 e. The molecule has 0 spiro atoms. The molecule has 1 aromatic heterocycles. The van der Waals surface area contributed by atoms with Crippen LogP contribution in [0.5, 0.6) is 0 Å². The fourth-order valence-corrected chi connectivity index (χ4v) is 6.18. The first-order chi connectivity index (χ1) is 17.5. The van der Waals surface area contributed by atoms with Gasteiger partial charge in [-0.3, -0.25) is 9.78 Å². The van der Waals surface area contributed by atoms with E-state index in [4.69, 9.17) is 11.6 Å². The third-order valence-electron chi connectivity index (χ3n) is 7.09. The highest BCUT2D eigenvalue weighted by molar-refractivity contribution is 7.97. The van der Waals surface area contributed by atoms with Gasteiger partial charge in [0.05, 0.1) is 18.1 Å². The summed E-state index contributed by atoms with van der Waals surface area (Å²) < 4.78 is 17.3. The van der Waals surface area contributed by atoms with E-state index in [9.17, 15) is 9.18 Å². The van der Waals surface area contributed by atoms with Gasteiger partial charge in [-0.25, -0.2) is 8.70 Å². The molecule has 0 radical (unpaired) electrons. The Bertz CT molecular complexity index is 957. The summed E-state index contributed by atoms with van der Waals surface area (Å²) in [5.74, 6) is 1.05. The molecule has 1 aliphatic rings. The number of nitrogens with zero attached hydrogens (tertiary/aromatic N) is 2. The molecule has 1 aliphatic heterocycles. The number of carbonyl (C=O) groups is 1. The van der Waals surface area contributed by atoms with Crippen molar-refractivity contribution in [1.82, 2.24) is 14.6 Å². The van der Waals surface area contributed by atoms with Crippen molar-refractivity contribution in [2.45, 2.75) is 71.3 Å². The van der Waals surface area contributed by atoms with Gasteiger partial charge in [0.1, 0.15) is 5.82 Å². The van der Waals surface area contributed by atoms with Crippen molar-refractivity contribution in [1.29, 1.82) is 0 Å². The van der Waals surface area contributed by atoms with Crippen LogP contribution in [-0.4, -0.2) is 46.6 Å². The molecule has 0 saturated carbocycles. The summed E-state index contributed by atoms with van der Waals surface area (Å²) in [7, 11) is 0. The van der Waals surface area contributed by atoms with E-state index in [1.165, 1.54) is 6.20 Å². The van der Waals surface area contributed by atoms with Crippen LogP contribution in [-0.2, 0) is 11.2 Å². The fourth-order valence-electron chi connectivity index (χ4n) is 5.03. The molecule has 2 heterocycles. The molecule has 198 valence electrons. The van der Waals surface area contributed by atoms with E-state index in [0.29, 0.717) is 41.1 Å². The minimum atomic E-state index is -0.362. The quantitative estimate of drug-likeness (QED) is 0.280. The van der Waals surface area contributed by atoms with Gasteiger partial charge >= 0.3 is 0 Å². The van der Waals surface area contributed by atoms with E-state index in [2.05, 4.69) is 40.7 Å². The first-order valence-corrected chi connectivity index (χ1v) is 14.6. The summed E-state index contributed by atoms with van der Waals surface area (Å²) in [6.07, 6.45) is 7.60. The van der Waals surface area contributed by atoms with Gasteiger partial charge in [0, 0.05) is 48.4 Å². The van der Waals surface area contributed by atoms with Crippen molar-refractivity contribution in [3.63, 3.8) is 0 Å². The predicted octanol–water partition coefficient (Wildman–Crippen LogP) is 6.69. The predicted molar refractivity (Wildman–Crippen MR) is 150 cm³/mol. The molecule has 1 fully saturated rings. The lowest BCUT2D eigenvalue weighted by Crippen LogP contribution is -2.48. The number of anilines is 1. The van der Waals surface area contributed by atoms with E-state index in [0.717, 1.165) is 56.6 Å². The van der Waals surface area contributed by atoms with E-state index in [1.807, 2.05) is 36.2 Å². The largest absolute Gasteiger partial charge is 0.324 e. The van der Waals surface area contributed by atoms with Gasteiger partial charge in [-0.1, -0.05) is 69.3 Å². The molecule has 3 rings (SSSR count). The molecule has 2 atom stereocenters. The number of carbonyl (C=O) groups excluding carboxylic acids is 1. The molecule has 0 bridgehead atoms. The van der Waals surface area contributed by atoms with Crippen LogP contribution >= 0.6 is 23.5 Å². The topological polar surface area (TPSA) is 57.3 Å². The molecule has 2 aromatic rings. The third-order valence-corrected chi connectivity index (χ3v) is 8.74. The highest BCUT2D eigenvalue weighted by atomic mass is 35.5. The molecule has 2 unspecified atom stereocenters. The zero-order valence-electron chi connectivity index (χ0n) is 21.7. The van der Waals surface area contributed by atoms with E-state index >= 15 is 0 Å². The Labute approximate surface area is 225 Å². The van der Waals surface area contributed by atoms with Crippen LogP contribution < -0.4 is 10.6 Å². The average Bonchev–Trinajstić information content (AvgIpc) is 2.88. The summed E-state index contributed by atoms with van der Waals surface area (Å²) >= 11 is 7.98. The zero-order chi connectivity index (χ0) is 25.9. The number of benzene rings is 1. The lowest BCUT2D eigenvalue weighted by molar-refractivity contribution is -0.116. The van der Waals surface area contributed by atoms with Crippen molar-refractivity contribution in [2.24, 2.45) is 5.92 Å². The molecule has 1 amide bonds. The number of rotatable bonds is 13. The number of halogens is 2. The van der Waals surface area contributed by atoms with Gasteiger partial charge < -0.3 is 10.6 Å². The van der Waals surface area contributed by atoms with Crippen LogP contribution in [0.25, 0.3) is 0 Å². The summed E-state index contributed by atoms with van der Waals surface area (Å²) in [5, 5.41) is 7.14. The Hall–Kier alpha value is -1.67. The number of aromatic nitrogens is 1. The molecular formula is C28H40ClFN4OS. The minimum Gasteiger partial charge on any atom is -0.324 e. The Morgan fingerprint density at radius 1 is 1.25 bits per heavy atom. The second kappa shape index (κ2) is 14.9. The standard InChI is InChI=1S/C28H40ClFN4OS/c1-4-15-36-34-14-13-31-17-23(34)11-12-24-26(30)18-32-19-27(24)33-28(35)16-25(20(5-2)6-3)21-7-9-22(29)10-8-21/h7-10,18-20,23,25,31H,4-6,11-17H2,1-3H3,(H,33,35). The third kappa shape index (κ3) is 8.17. The molecule has 2 N–H and O–H groups in total. The van der Waals surface area contributed by atoms with Crippen LogP contribution in [0.3, 0.4) is 0 Å². The summed E-state index contributed by atoms with van der Waals surface area (Å²) in [4.78, 5) is 17.3. The lowest BCUT2D eigenvalue weighted by Gasteiger charge is -2.35. The monoisotopic (exact) mass is 534 g/mol. The molecule has 5 nitrogen and oxygen atoms in total. The van der Waals surface area contributed by atoms with Gasteiger partial charge in [-0.05, 0) is 48.8 Å². The van der Waals surface area contributed by atoms with Crippen molar-refractivity contribution >= 4 is 35.1 Å². The highest BCUT2D eigenvalue weighted by Gasteiger charge is 2.26. The SMILES string of the molecule is CCCSN1CCNCC1CCc1c(F)cncc1NC(=O)CC(c1ccc(Cl)cc1)C(CC)CC. The van der Waals surface area contributed by atoms with Gasteiger partial charge in [-0.2, -0.15) is 0 Å². The van der Waals surface area contributed by atoms with E-state index in [-0.39, 0.29) is 17.6 Å². The van der Waals surface area contributed by atoms with E-state index < -0.39 is 0 Å². The van der Waals surface area contributed by atoms with Crippen molar-refractivity contribution in [3.8, 4) is 0 Å². The maximum atomic E-state index is 14.9. The molecule has 8 heteroatoms. The Morgan fingerprint density at radius 2 is 2.00 bits per heavy atom. The summed E-state index contributed by atoms with van der Waals surface area (Å²) in [6, 6.07) is 8.10. The number of amides is 1. The molecule has 0 aliphatic carbocycles. The first-order valence-electron chi connectivity index (χ1n) is 13.2. The summed E-state index contributed by atoms with van der Waals surface area (Å²) in [5.41, 5.74) is 2.13. The second-order valence-electron chi connectivity index (χ2n) is 9.50. The Balaban J connectivity index is 1.71. The average molecular weight is 535 g/mol. The number of piperazine rings is 1. The number of nitrogens with one attached hydrogen (secondary N) is 2. The molecule has 1 aromatic carbocycles. The van der Waals surface area contributed by atoms with Crippen molar-refractivity contribution in [3.05, 3.63) is 58.6 Å². The number of pyridine rings is 1. The van der Waals surface area contributed by atoms with Crippen LogP contribution in [0, 0.1) is 11.7 Å². The minimum absolute atomic E-state index is 0.0692. The van der Waals surface area contributed by atoms with E-state index in [1.54, 1.807) is 6.20 Å². The number of hydrogen-bond donors (Lipinski definition) is 2. The Kier molecular flexibility index (Phi) is 12.0. The van der Waals surface area contributed by atoms with Crippen LogP contribution in [0.15, 0.2) is 36.7 Å². The van der Waals surface area contributed by atoms with Gasteiger partial charge in [0.25, 0.3) is 0 Å². The Morgan fingerprint density at radius 3 is 2.69 bits per heavy atom. The van der Waals surface area contributed by atoms with Crippen molar-refractivity contribution in [2.75, 3.05) is 30.7 Å². The van der Waals surface area contributed by atoms with Gasteiger partial charge in [-0.15, -0.1) is 0 Å². The van der Waals surface area contributed by atoms with Crippen molar-refractivity contribution < 1.29 is 9.18 Å². The fraction of sp³-hybridized carbons (Fsp3) is 0.571. The maximum Gasteiger partial charge on any atom is 0.225 e. The molecule has 1 saturated heterocycles. The van der Waals surface area contributed by atoms with Gasteiger partial charge in [0.2, 0.25) is 5.91 Å². The second-order valence-corrected chi connectivity index (χ2v) is 11.1. The lowest BCUT2D eigenvalue weighted by atomic mass is 9.80. The first kappa shape index (κ1) is 28.9.